The van der Waals surface area contributed by atoms with Crippen LogP contribution in [-0.2, 0) is 6.42 Å². The lowest BCUT2D eigenvalue weighted by Crippen LogP contribution is -2.37. The normalized spacial score (nSPS) is 12.8. The second kappa shape index (κ2) is 6.66. The molecular formula is C15H24N2O. The maximum absolute atomic E-state index is 11.6. The van der Waals surface area contributed by atoms with E-state index in [0.717, 1.165) is 12.0 Å². The van der Waals surface area contributed by atoms with Crippen molar-refractivity contribution in [2.24, 2.45) is 5.73 Å². The van der Waals surface area contributed by atoms with Gasteiger partial charge in [0.1, 0.15) is 0 Å². The molecule has 0 amide bonds. The van der Waals surface area contributed by atoms with Gasteiger partial charge in [-0.15, -0.1) is 0 Å². The third-order valence-corrected chi connectivity index (χ3v) is 3.44. The Kier molecular flexibility index (Phi) is 5.51. The number of hydrogen-bond acceptors (Lipinski definition) is 3. The first-order chi connectivity index (χ1) is 8.49. The van der Waals surface area contributed by atoms with Gasteiger partial charge >= 0.3 is 0 Å². The van der Waals surface area contributed by atoms with Crippen molar-refractivity contribution >= 4 is 5.78 Å². The second-order valence-corrected chi connectivity index (χ2v) is 4.98. The third kappa shape index (κ3) is 3.65. The average Bonchev–Trinajstić information content (AvgIpc) is 2.35. The van der Waals surface area contributed by atoms with Gasteiger partial charge < -0.3 is 10.6 Å². The number of hydrogen-bond donors (Lipinski definition) is 1. The molecule has 1 aromatic carbocycles. The predicted molar refractivity (Wildman–Crippen MR) is 76.0 cm³/mol. The minimum atomic E-state index is 0.202. The fourth-order valence-corrected chi connectivity index (χ4v) is 2.03. The minimum absolute atomic E-state index is 0.202. The standard InChI is InChI=1S/C15H24N2O/c1-5-15(18)13-7-6-12(11(2)8-13)9-14(10-16)17(3)4/h6-8,14H,5,9-10,16H2,1-4H3/t14-/m0/s1. The highest BCUT2D eigenvalue weighted by Gasteiger charge is 2.12. The van der Waals surface area contributed by atoms with E-state index in [1.165, 1.54) is 11.1 Å². The van der Waals surface area contributed by atoms with Gasteiger partial charge in [0.05, 0.1) is 0 Å². The molecule has 0 fully saturated rings. The molecule has 0 aliphatic carbocycles. The van der Waals surface area contributed by atoms with E-state index in [4.69, 9.17) is 5.73 Å². The zero-order valence-electron chi connectivity index (χ0n) is 11.9. The maximum atomic E-state index is 11.6. The Balaban J connectivity index is 2.89. The second-order valence-electron chi connectivity index (χ2n) is 4.98. The summed E-state index contributed by atoms with van der Waals surface area (Å²) in [6.45, 7) is 4.59. The molecule has 0 unspecified atom stereocenters. The Hall–Kier alpha value is -1.19. The number of ketones is 1. The van der Waals surface area contributed by atoms with Crippen LogP contribution in [0.4, 0.5) is 0 Å². The van der Waals surface area contributed by atoms with Crippen LogP contribution in [-0.4, -0.2) is 37.4 Å². The molecule has 0 heterocycles. The molecule has 0 aromatic heterocycles. The molecule has 0 bridgehead atoms. The summed E-state index contributed by atoms with van der Waals surface area (Å²) in [6, 6.07) is 6.32. The van der Waals surface area contributed by atoms with Crippen LogP contribution in [0.25, 0.3) is 0 Å². The Morgan fingerprint density at radius 3 is 2.50 bits per heavy atom. The topological polar surface area (TPSA) is 46.3 Å². The van der Waals surface area contributed by atoms with Crippen LogP contribution in [0.2, 0.25) is 0 Å². The number of aryl methyl sites for hydroxylation is 1. The highest BCUT2D eigenvalue weighted by molar-refractivity contribution is 5.96. The summed E-state index contributed by atoms with van der Waals surface area (Å²) in [6.07, 6.45) is 1.48. The molecule has 3 heteroatoms. The highest BCUT2D eigenvalue weighted by atomic mass is 16.1. The summed E-state index contributed by atoms with van der Waals surface area (Å²) in [5.74, 6) is 0.202. The van der Waals surface area contributed by atoms with E-state index in [-0.39, 0.29) is 5.78 Å². The molecule has 0 aliphatic rings. The average molecular weight is 248 g/mol. The molecule has 1 aromatic rings. The molecule has 1 rings (SSSR count). The number of nitrogens with two attached hydrogens (primary N) is 1. The monoisotopic (exact) mass is 248 g/mol. The van der Waals surface area contributed by atoms with Crippen molar-refractivity contribution in [1.29, 1.82) is 0 Å². The molecule has 0 spiro atoms. The fourth-order valence-electron chi connectivity index (χ4n) is 2.03. The molecule has 0 saturated heterocycles. The van der Waals surface area contributed by atoms with Crippen molar-refractivity contribution in [3.05, 3.63) is 34.9 Å². The first-order valence-corrected chi connectivity index (χ1v) is 6.48. The zero-order chi connectivity index (χ0) is 13.7. The van der Waals surface area contributed by atoms with Gasteiger partial charge in [0.2, 0.25) is 0 Å². The van der Waals surface area contributed by atoms with Crippen molar-refractivity contribution in [2.45, 2.75) is 32.7 Å². The summed E-state index contributed by atoms with van der Waals surface area (Å²) >= 11 is 0. The third-order valence-electron chi connectivity index (χ3n) is 3.44. The number of rotatable bonds is 6. The SMILES string of the molecule is CCC(=O)c1ccc(C[C@@H](CN)N(C)C)c(C)c1. The molecule has 0 saturated carbocycles. The fraction of sp³-hybridized carbons (Fsp3) is 0.533. The predicted octanol–water partition coefficient (Wildman–Crippen LogP) is 2.02. The van der Waals surface area contributed by atoms with Gasteiger partial charge in [0, 0.05) is 24.6 Å². The minimum Gasteiger partial charge on any atom is -0.329 e. The van der Waals surface area contributed by atoms with Crippen LogP contribution < -0.4 is 5.73 Å². The Morgan fingerprint density at radius 2 is 2.06 bits per heavy atom. The van der Waals surface area contributed by atoms with E-state index >= 15 is 0 Å². The molecular weight excluding hydrogens is 224 g/mol. The summed E-state index contributed by atoms with van der Waals surface area (Å²) in [5, 5.41) is 0. The van der Waals surface area contributed by atoms with Crippen molar-refractivity contribution in [3.8, 4) is 0 Å². The van der Waals surface area contributed by atoms with E-state index in [1.54, 1.807) is 0 Å². The maximum Gasteiger partial charge on any atom is 0.162 e. The van der Waals surface area contributed by atoms with E-state index in [2.05, 4.69) is 17.9 Å². The van der Waals surface area contributed by atoms with Gasteiger partial charge in [0.25, 0.3) is 0 Å². The van der Waals surface area contributed by atoms with Gasteiger partial charge in [-0.05, 0) is 44.6 Å². The molecule has 100 valence electrons. The van der Waals surface area contributed by atoms with Crippen LogP contribution in [0, 0.1) is 6.92 Å². The smallest absolute Gasteiger partial charge is 0.162 e. The molecule has 0 aliphatic heterocycles. The van der Waals surface area contributed by atoms with E-state index in [0.29, 0.717) is 19.0 Å². The lowest BCUT2D eigenvalue weighted by molar-refractivity contribution is 0.0988. The van der Waals surface area contributed by atoms with Gasteiger partial charge in [0.15, 0.2) is 5.78 Å². The Labute approximate surface area is 110 Å². The van der Waals surface area contributed by atoms with E-state index < -0.39 is 0 Å². The lowest BCUT2D eigenvalue weighted by atomic mass is 9.97. The van der Waals surface area contributed by atoms with Gasteiger partial charge in [-0.1, -0.05) is 19.1 Å². The summed E-state index contributed by atoms with van der Waals surface area (Å²) in [7, 11) is 4.09. The van der Waals surface area contributed by atoms with E-state index in [1.807, 2.05) is 33.2 Å². The van der Waals surface area contributed by atoms with E-state index in [9.17, 15) is 4.79 Å². The number of nitrogens with zero attached hydrogens (tertiary/aromatic N) is 1. The van der Waals surface area contributed by atoms with Crippen molar-refractivity contribution in [1.82, 2.24) is 4.90 Å². The summed E-state index contributed by atoms with van der Waals surface area (Å²) in [5.41, 5.74) is 9.03. The van der Waals surface area contributed by atoms with Crippen LogP contribution in [0.15, 0.2) is 18.2 Å². The van der Waals surface area contributed by atoms with Crippen molar-refractivity contribution in [3.63, 3.8) is 0 Å². The molecule has 1 atom stereocenters. The Morgan fingerprint density at radius 1 is 1.39 bits per heavy atom. The molecule has 3 nitrogen and oxygen atoms in total. The Bertz CT molecular complexity index is 413. The first-order valence-electron chi connectivity index (χ1n) is 6.48. The quantitative estimate of drug-likeness (QED) is 0.783. The summed E-state index contributed by atoms with van der Waals surface area (Å²) < 4.78 is 0. The highest BCUT2D eigenvalue weighted by Crippen LogP contribution is 2.15. The lowest BCUT2D eigenvalue weighted by Gasteiger charge is -2.23. The number of carbonyl (C=O) groups is 1. The summed E-state index contributed by atoms with van der Waals surface area (Å²) in [4.78, 5) is 13.8. The van der Waals surface area contributed by atoms with Crippen molar-refractivity contribution in [2.75, 3.05) is 20.6 Å². The van der Waals surface area contributed by atoms with Gasteiger partial charge in [-0.2, -0.15) is 0 Å². The van der Waals surface area contributed by atoms with Gasteiger partial charge in [-0.3, -0.25) is 4.79 Å². The number of likely N-dealkylation sites (N-methyl/N-ethyl adjacent to an activating group) is 1. The van der Waals surface area contributed by atoms with Crippen LogP contribution in [0.3, 0.4) is 0 Å². The van der Waals surface area contributed by atoms with Crippen LogP contribution >= 0.6 is 0 Å². The van der Waals surface area contributed by atoms with Crippen molar-refractivity contribution < 1.29 is 4.79 Å². The number of benzene rings is 1. The largest absolute Gasteiger partial charge is 0.329 e. The van der Waals surface area contributed by atoms with Crippen LogP contribution in [0.5, 0.6) is 0 Å². The molecule has 0 radical (unpaired) electrons. The molecule has 18 heavy (non-hydrogen) atoms. The number of carbonyl (C=O) groups excluding carboxylic acids is 1. The first kappa shape index (κ1) is 14.9. The molecule has 2 N–H and O–H groups in total. The number of Topliss-reactive ketones (excluding diaryl/α,β-unsaturated/α-hetero) is 1. The van der Waals surface area contributed by atoms with Gasteiger partial charge in [-0.25, -0.2) is 0 Å². The zero-order valence-corrected chi connectivity index (χ0v) is 11.9. The van der Waals surface area contributed by atoms with Crippen LogP contribution in [0.1, 0.15) is 34.8 Å².